The molecule has 0 aliphatic carbocycles. The van der Waals surface area contributed by atoms with Gasteiger partial charge < -0.3 is 15.0 Å². The van der Waals surface area contributed by atoms with Gasteiger partial charge in [0.2, 0.25) is 0 Å². The zero-order chi connectivity index (χ0) is 13.1. The van der Waals surface area contributed by atoms with E-state index in [-0.39, 0.29) is 0 Å². The fraction of sp³-hybridized carbons (Fsp3) is 0.571. The SMILES string of the molecule is COc1cc(Cl)c(C)cc1N1CCCNCC1C. The molecule has 0 amide bonds. The Bertz CT molecular complexity index is 423. The Labute approximate surface area is 114 Å². The van der Waals surface area contributed by atoms with E-state index in [4.69, 9.17) is 16.3 Å². The molecule has 1 aromatic rings. The summed E-state index contributed by atoms with van der Waals surface area (Å²) in [5, 5.41) is 4.21. The van der Waals surface area contributed by atoms with E-state index in [1.807, 2.05) is 13.0 Å². The van der Waals surface area contributed by atoms with Crippen LogP contribution in [0.15, 0.2) is 12.1 Å². The number of methoxy groups -OCH3 is 1. The Morgan fingerprint density at radius 2 is 2.22 bits per heavy atom. The normalized spacial score (nSPS) is 20.7. The first-order valence-electron chi connectivity index (χ1n) is 6.45. The van der Waals surface area contributed by atoms with E-state index < -0.39 is 0 Å². The molecular formula is C14H21ClN2O. The van der Waals surface area contributed by atoms with Crippen LogP contribution in [0.5, 0.6) is 5.75 Å². The van der Waals surface area contributed by atoms with Gasteiger partial charge in [-0.1, -0.05) is 11.6 Å². The van der Waals surface area contributed by atoms with Crippen molar-refractivity contribution in [3.63, 3.8) is 0 Å². The average molecular weight is 269 g/mol. The molecule has 1 aliphatic heterocycles. The van der Waals surface area contributed by atoms with Gasteiger partial charge in [0, 0.05) is 30.2 Å². The van der Waals surface area contributed by atoms with E-state index in [2.05, 4.69) is 23.2 Å². The van der Waals surface area contributed by atoms with E-state index >= 15 is 0 Å². The molecule has 0 radical (unpaired) electrons. The lowest BCUT2D eigenvalue weighted by Crippen LogP contribution is -2.37. The van der Waals surface area contributed by atoms with E-state index in [0.29, 0.717) is 6.04 Å². The minimum Gasteiger partial charge on any atom is -0.495 e. The molecule has 1 unspecified atom stereocenters. The number of hydrogen-bond donors (Lipinski definition) is 1. The Hall–Kier alpha value is -0.930. The lowest BCUT2D eigenvalue weighted by Gasteiger charge is -2.31. The smallest absolute Gasteiger partial charge is 0.143 e. The van der Waals surface area contributed by atoms with E-state index in [0.717, 1.165) is 48.1 Å². The number of halogens is 1. The average Bonchev–Trinajstić information content (AvgIpc) is 2.57. The van der Waals surface area contributed by atoms with Crippen LogP contribution in [0, 0.1) is 6.92 Å². The largest absolute Gasteiger partial charge is 0.495 e. The molecule has 1 aliphatic rings. The summed E-state index contributed by atoms with van der Waals surface area (Å²) in [6, 6.07) is 4.50. The molecule has 1 N–H and O–H groups in total. The Balaban J connectivity index is 2.38. The second-order valence-corrected chi connectivity index (χ2v) is 5.28. The highest BCUT2D eigenvalue weighted by atomic mass is 35.5. The summed E-state index contributed by atoms with van der Waals surface area (Å²) in [5.41, 5.74) is 2.24. The van der Waals surface area contributed by atoms with Gasteiger partial charge in [-0.15, -0.1) is 0 Å². The van der Waals surface area contributed by atoms with Gasteiger partial charge in [-0.2, -0.15) is 0 Å². The molecule has 100 valence electrons. The third-order valence-electron chi connectivity index (χ3n) is 3.49. The van der Waals surface area contributed by atoms with Crippen molar-refractivity contribution in [1.82, 2.24) is 5.32 Å². The maximum atomic E-state index is 6.16. The second kappa shape index (κ2) is 5.81. The van der Waals surface area contributed by atoms with Crippen LogP contribution in [-0.2, 0) is 0 Å². The van der Waals surface area contributed by atoms with E-state index in [1.165, 1.54) is 0 Å². The predicted octanol–water partition coefficient (Wildman–Crippen LogP) is 2.85. The van der Waals surface area contributed by atoms with Crippen molar-refractivity contribution >= 4 is 17.3 Å². The molecule has 0 bridgehead atoms. The number of aryl methyl sites for hydroxylation is 1. The summed E-state index contributed by atoms with van der Waals surface area (Å²) in [4.78, 5) is 2.40. The van der Waals surface area contributed by atoms with Gasteiger partial charge in [-0.3, -0.25) is 0 Å². The molecule has 18 heavy (non-hydrogen) atoms. The van der Waals surface area contributed by atoms with Crippen molar-refractivity contribution < 1.29 is 4.74 Å². The van der Waals surface area contributed by atoms with Gasteiger partial charge in [-0.25, -0.2) is 0 Å². The molecule has 1 fully saturated rings. The minimum absolute atomic E-state index is 0.460. The lowest BCUT2D eigenvalue weighted by molar-refractivity contribution is 0.413. The van der Waals surface area contributed by atoms with Crippen LogP contribution in [0.25, 0.3) is 0 Å². The van der Waals surface area contributed by atoms with Crippen LogP contribution < -0.4 is 15.0 Å². The first-order chi connectivity index (χ1) is 8.63. The number of benzene rings is 1. The van der Waals surface area contributed by atoms with Crippen LogP contribution in [0.4, 0.5) is 5.69 Å². The Kier molecular flexibility index (Phi) is 4.36. The number of anilines is 1. The first-order valence-corrected chi connectivity index (χ1v) is 6.82. The quantitative estimate of drug-likeness (QED) is 0.893. The molecule has 4 heteroatoms. The van der Waals surface area contributed by atoms with Crippen molar-refractivity contribution in [3.8, 4) is 5.75 Å². The molecule has 2 rings (SSSR count). The molecule has 0 spiro atoms. The number of nitrogens with zero attached hydrogens (tertiary/aromatic N) is 1. The van der Waals surface area contributed by atoms with Crippen molar-refractivity contribution in [2.45, 2.75) is 26.3 Å². The van der Waals surface area contributed by atoms with Gasteiger partial charge in [0.1, 0.15) is 5.75 Å². The topological polar surface area (TPSA) is 24.5 Å². The highest BCUT2D eigenvalue weighted by Crippen LogP contribution is 2.35. The fourth-order valence-corrected chi connectivity index (χ4v) is 2.56. The molecular weight excluding hydrogens is 248 g/mol. The van der Waals surface area contributed by atoms with Gasteiger partial charge in [0.15, 0.2) is 0 Å². The number of ether oxygens (including phenoxy) is 1. The van der Waals surface area contributed by atoms with Crippen molar-refractivity contribution in [2.75, 3.05) is 31.6 Å². The number of rotatable bonds is 2. The van der Waals surface area contributed by atoms with Crippen LogP contribution in [0.2, 0.25) is 5.02 Å². The molecule has 0 aromatic heterocycles. The molecule has 1 heterocycles. The molecule has 1 saturated heterocycles. The summed E-state index contributed by atoms with van der Waals surface area (Å²) in [6.07, 6.45) is 1.15. The summed E-state index contributed by atoms with van der Waals surface area (Å²) in [7, 11) is 1.70. The third-order valence-corrected chi connectivity index (χ3v) is 3.90. The lowest BCUT2D eigenvalue weighted by atomic mass is 10.1. The van der Waals surface area contributed by atoms with Crippen LogP contribution >= 0.6 is 11.6 Å². The first kappa shape index (κ1) is 13.5. The van der Waals surface area contributed by atoms with Crippen LogP contribution in [0.1, 0.15) is 18.9 Å². The highest BCUT2D eigenvalue weighted by molar-refractivity contribution is 6.31. The van der Waals surface area contributed by atoms with Crippen LogP contribution in [0.3, 0.4) is 0 Å². The molecule has 1 atom stereocenters. The van der Waals surface area contributed by atoms with E-state index in [1.54, 1.807) is 7.11 Å². The number of hydrogen-bond acceptors (Lipinski definition) is 3. The summed E-state index contributed by atoms with van der Waals surface area (Å²) in [6.45, 7) is 7.40. The third kappa shape index (κ3) is 2.73. The fourth-order valence-electron chi connectivity index (χ4n) is 2.41. The number of nitrogens with one attached hydrogen (secondary N) is 1. The van der Waals surface area contributed by atoms with Gasteiger partial charge in [0.05, 0.1) is 12.8 Å². The van der Waals surface area contributed by atoms with E-state index in [9.17, 15) is 0 Å². The van der Waals surface area contributed by atoms with Gasteiger partial charge >= 0.3 is 0 Å². The monoisotopic (exact) mass is 268 g/mol. The van der Waals surface area contributed by atoms with Crippen LogP contribution in [-0.4, -0.2) is 32.8 Å². The Morgan fingerprint density at radius 1 is 1.44 bits per heavy atom. The van der Waals surface area contributed by atoms with Crippen molar-refractivity contribution in [2.24, 2.45) is 0 Å². The van der Waals surface area contributed by atoms with Crippen molar-refractivity contribution in [1.29, 1.82) is 0 Å². The molecule has 0 saturated carbocycles. The minimum atomic E-state index is 0.460. The standard InChI is InChI=1S/C14H21ClN2O/c1-10-7-13(14(18-3)8-12(10)15)17-6-4-5-16-9-11(17)2/h7-8,11,16H,4-6,9H2,1-3H3. The molecule has 1 aromatic carbocycles. The zero-order valence-corrected chi connectivity index (χ0v) is 12.0. The highest BCUT2D eigenvalue weighted by Gasteiger charge is 2.20. The predicted molar refractivity (Wildman–Crippen MR) is 77.0 cm³/mol. The zero-order valence-electron chi connectivity index (χ0n) is 11.3. The van der Waals surface area contributed by atoms with Gasteiger partial charge in [0.25, 0.3) is 0 Å². The second-order valence-electron chi connectivity index (χ2n) is 4.87. The summed E-state index contributed by atoms with van der Waals surface area (Å²) < 4.78 is 5.48. The summed E-state index contributed by atoms with van der Waals surface area (Å²) in [5.74, 6) is 0.861. The molecule has 3 nitrogen and oxygen atoms in total. The van der Waals surface area contributed by atoms with Gasteiger partial charge in [-0.05, 0) is 38.4 Å². The maximum Gasteiger partial charge on any atom is 0.143 e. The summed E-state index contributed by atoms with van der Waals surface area (Å²) >= 11 is 6.16. The Morgan fingerprint density at radius 3 is 2.94 bits per heavy atom. The maximum absolute atomic E-state index is 6.16. The van der Waals surface area contributed by atoms with Crippen molar-refractivity contribution in [3.05, 3.63) is 22.7 Å².